The van der Waals surface area contributed by atoms with Crippen molar-refractivity contribution in [2.45, 2.75) is 26.7 Å². The molecule has 1 aromatic rings. The van der Waals surface area contributed by atoms with Crippen LogP contribution in [-0.2, 0) is 14.3 Å². The second-order valence-electron chi connectivity index (χ2n) is 4.74. The van der Waals surface area contributed by atoms with Gasteiger partial charge in [-0.15, -0.1) is 0 Å². The van der Waals surface area contributed by atoms with Crippen LogP contribution in [0.1, 0.15) is 26.7 Å². The second kappa shape index (κ2) is 6.47. The number of hydrazone groups is 1. The first-order chi connectivity index (χ1) is 10.0. The van der Waals surface area contributed by atoms with Gasteiger partial charge >= 0.3 is 5.97 Å². The third kappa shape index (κ3) is 3.26. The van der Waals surface area contributed by atoms with Crippen molar-refractivity contribution in [3.05, 3.63) is 30.1 Å². The highest BCUT2D eigenvalue weighted by Gasteiger charge is 2.35. The van der Waals surface area contributed by atoms with Crippen LogP contribution in [-0.4, -0.2) is 24.2 Å². The molecule has 21 heavy (non-hydrogen) atoms. The van der Waals surface area contributed by atoms with Crippen LogP contribution in [0.15, 0.2) is 29.4 Å². The lowest BCUT2D eigenvalue weighted by Gasteiger charge is -2.14. The minimum absolute atomic E-state index is 0.125. The number of benzene rings is 1. The molecule has 0 radical (unpaired) electrons. The molecule has 1 heterocycles. The SMILES string of the molecule is CCOC(=O)CCC1C(=O)N(c2ccccc2F)N=C1C. The molecule has 2 rings (SSSR count). The van der Waals surface area contributed by atoms with E-state index in [1.165, 1.54) is 12.1 Å². The molecule has 0 aliphatic carbocycles. The quantitative estimate of drug-likeness (QED) is 0.783. The van der Waals surface area contributed by atoms with Crippen LogP contribution in [0.5, 0.6) is 0 Å². The predicted molar refractivity (Wildman–Crippen MR) is 76.4 cm³/mol. The van der Waals surface area contributed by atoms with E-state index >= 15 is 0 Å². The number of anilines is 1. The molecule has 0 fully saturated rings. The summed E-state index contributed by atoms with van der Waals surface area (Å²) in [7, 11) is 0. The molecule has 112 valence electrons. The highest BCUT2D eigenvalue weighted by atomic mass is 19.1. The van der Waals surface area contributed by atoms with Gasteiger partial charge in [-0.25, -0.2) is 4.39 Å². The maximum absolute atomic E-state index is 13.7. The van der Waals surface area contributed by atoms with E-state index in [-0.39, 0.29) is 24.0 Å². The van der Waals surface area contributed by atoms with Gasteiger partial charge in [0.1, 0.15) is 11.5 Å². The number of hydrogen-bond acceptors (Lipinski definition) is 4. The molecule has 1 atom stereocenters. The number of para-hydroxylation sites is 1. The Balaban J connectivity index is 2.08. The molecule has 0 saturated heterocycles. The van der Waals surface area contributed by atoms with E-state index in [1.54, 1.807) is 26.0 Å². The lowest BCUT2D eigenvalue weighted by atomic mass is 9.98. The van der Waals surface area contributed by atoms with Crippen molar-refractivity contribution in [1.82, 2.24) is 0 Å². The van der Waals surface area contributed by atoms with E-state index in [0.29, 0.717) is 18.7 Å². The van der Waals surface area contributed by atoms with Crippen LogP contribution in [0.3, 0.4) is 0 Å². The van der Waals surface area contributed by atoms with E-state index in [0.717, 1.165) is 5.01 Å². The van der Waals surface area contributed by atoms with Crippen molar-refractivity contribution in [3.8, 4) is 0 Å². The lowest BCUT2D eigenvalue weighted by molar-refractivity contribution is -0.143. The van der Waals surface area contributed by atoms with Crippen molar-refractivity contribution >= 4 is 23.3 Å². The Morgan fingerprint density at radius 2 is 2.14 bits per heavy atom. The fourth-order valence-corrected chi connectivity index (χ4v) is 2.23. The predicted octanol–water partition coefficient (Wildman–Crippen LogP) is 2.51. The van der Waals surface area contributed by atoms with Crippen LogP contribution in [0.4, 0.5) is 10.1 Å². The van der Waals surface area contributed by atoms with Gasteiger partial charge < -0.3 is 4.74 Å². The molecule has 1 unspecified atom stereocenters. The Kier molecular flexibility index (Phi) is 4.67. The van der Waals surface area contributed by atoms with Crippen LogP contribution >= 0.6 is 0 Å². The molecule has 6 heteroatoms. The summed E-state index contributed by atoms with van der Waals surface area (Å²) in [5, 5.41) is 5.18. The Morgan fingerprint density at radius 3 is 2.81 bits per heavy atom. The van der Waals surface area contributed by atoms with Gasteiger partial charge in [0.15, 0.2) is 0 Å². The molecule has 1 aromatic carbocycles. The number of esters is 1. The average Bonchev–Trinajstić information content (AvgIpc) is 2.73. The molecular formula is C15H17FN2O3. The van der Waals surface area contributed by atoms with Crippen LogP contribution < -0.4 is 5.01 Å². The summed E-state index contributed by atoms with van der Waals surface area (Å²) in [5.41, 5.74) is 0.702. The molecule has 1 aliphatic rings. The number of ether oxygens (including phenoxy) is 1. The molecule has 0 spiro atoms. The van der Waals surface area contributed by atoms with Gasteiger partial charge in [0, 0.05) is 12.1 Å². The average molecular weight is 292 g/mol. The fourth-order valence-electron chi connectivity index (χ4n) is 2.23. The van der Waals surface area contributed by atoms with Crippen LogP contribution in [0, 0.1) is 11.7 Å². The zero-order valence-corrected chi connectivity index (χ0v) is 12.0. The molecule has 1 aliphatic heterocycles. The number of carbonyl (C=O) groups excluding carboxylic acids is 2. The van der Waals surface area contributed by atoms with E-state index in [2.05, 4.69) is 5.10 Å². The highest BCUT2D eigenvalue weighted by Crippen LogP contribution is 2.28. The molecule has 1 amide bonds. The van der Waals surface area contributed by atoms with Crippen LogP contribution in [0.25, 0.3) is 0 Å². The molecule has 0 aromatic heterocycles. The van der Waals surface area contributed by atoms with Crippen LogP contribution in [0.2, 0.25) is 0 Å². The summed E-state index contributed by atoms with van der Waals surface area (Å²) in [5.74, 6) is -1.67. The maximum atomic E-state index is 13.7. The maximum Gasteiger partial charge on any atom is 0.305 e. The Labute approximate surface area is 122 Å². The van der Waals surface area contributed by atoms with E-state index in [4.69, 9.17) is 4.74 Å². The summed E-state index contributed by atoms with van der Waals surface area (Å²) in [4.78, 5) is 23.7. The summed E-state index contributed by atoms with van der Waals surface area (Å²) in [6.07, 6.45) is 0.459. The number of amides is 1. The van der Waals surface area contributed by atoms with Gasteiger partial charge in [-0.05, 0) is 32.4 Å². The Bertz CT molecular complexity index is 586. The number of hydrogen-bond donors (Lipinski definition) is 0. The summed E-state index contributed by atoms with van der Waals surface area (Å²) < 4.78 is 18.6. The van der Waals surface area contributed by atoms with Gasteiger partial charge in [0.25, 0.3) is 5.91 Å². The highest BCUT2D eigenvalue weighted by molar-refractivity contribution is 6.14. The van der Waals surface area contributed by atoms with E-state index in [9.17, 15) is 14.0 Å². The monoisotopic (exact) mass is 292 g/mol. The number of rotatable bonds is 5. The smallest absolute Gasteiger partial charge is 0.305 e. The number of carbonyl (C=O) groups is 2. The molecule has 5 nitrogen and oxygen atoms in total. The third-order valence-corrected chi connectivity index (χ3v) is 3.29. The first kappa shape index (κ1) is 15.2. The van der Waals surface area contributed by atoms with E-state index in [1.807, 2.05) is 0 Å². The lowest BCUT2D eigenvalue weighted by Crippen LogP contribution is -2.28. The van der Waals surface area contributed by atoms with Gasteiger partial charge in [0.2, 0.25) is 0 Å². The summed E-state index contributed by atoms with van der Waals surface area (Å²) in [6.45, 7) is 3.74. The Morgan fingerprint density at radius 1 is 1.43 bits per heavy atom. The number of nitrogens with zero attached hydrogens (tertiary/aromatic N) is 2. The minimum atomic E-state index is -0.506. The van der Waals surface area contributed by atoms with Gasteiger partial charge in [-0.1, -0.05) is 12.1 Å². The number of halogens is 1. The van der Waals surface area contributed by atoms with Crippen molar-refractivity contribution in [2.75, 3.05) is 11.6 Å². The molecule has 0 saturated carbocycles. The van der Waals surface area contributed by atoms with E-state index < -0.39 is 11.7 Å². The zero-order valence-electron chi connectivity index (χ0n) is 12.0. The summed E-state index contributed by atoms with van der Waals surface area (Å²) >= 11 is 0. The Hall–Kier alpha value is -2.24. The topological polar surface area (TPSA) is 59.0 Å². The third-order valence-electron chi connectivity index (χ3n) is 3.29. The van der Waals surface area contributed by atoms with Gasteiger partial charge in [0.05, 0.1) is 12.5 Å². The first-order valence-electron chi connectivity index (χ1n) is 6.83. The van der Waals surface area contributed by atoms with Gasteiger partial charge in [-0.2, -0.15) is 10.1 Å². The molecule has 0 bridgehead atoms. The van der Waals surface area contributed by atoms with Crippen molar-refractivity contribution in [3.63, 3.8) is 0 Å². The van der Waals surface area contributed by atoms with Crippen molar-refractivity contribution < 1.29 is 18.7 Å². The fraction of sp³-hybridized carbons (Fsp3) is 0.400. The van der Waals surface area contributed by atoms with Crippen molar-refractivity contribution in [1.29, 1.82) is 0 Å². The standard InChI is InChI=1S/C15H17FN2O3/c1-3-21-14(19)9-8-11-10(2)17-18(15(11)20)13-7-5-4-6-12(13)16/h4-7,11H,3,8-9H2,1-2H3. The second-order valence-corrected chi connectivity index (χ2v) is 4.74. The first-order valence-corrected chi connectivity index (χ1v) is 6.83. The summed E-state index contributed by atoms with van der Waals surface area (Å²) in [6, 6.07) is 5.97. The largest absolute Gasteiger partial charge is 0.466 e. The van der Waals surface area contributed by atoms with Gasteiger partial charge in [-0.3, -0.25) is 9.59 Å². The van der Waals surface area contributed by atoms with Crippen molar-refractivity contribution in [2.24, 2.45) is 11.0 Å². The minimum Gasteiger partial charge on any atom is -0.466 e. The normalized spacial score (nSPS) is 17.9. The molecule has 0 N–H and O–H groups in total. The molecular weight excluding hydrogens is 275 g/mol. The zero-order chi connectivity index (χ0) is 15.4.